The van der Waals surface area contributed by atoms with Crippen LogP contribution in [0.15, 0.2) is 35.2 Å². The molecule has 0 fully saturated rings. The van der Waals surface area contributed by atoms with E-state index < -0.39 is 0 Å². The van der Waals surface area contributed by atoms with Crippen molar-refractivity contribution in [2.45, 2.75) is 57.5 Å². The number of benzene rings is 1. The zero-order chi connectivity index (χ0) is 12.2. The first-order valence-corrected chi connectivity index (χ1v) is 6.75. The second kappa shape index (κ2) is 5.74. The molecule has 0 amide bonds. The highest BCUT2D eigenvalue weighted by molar-refractivity contribution is 7.97. The van der Waals surface area contributed by atoms with Gasteiger partial charge in [0.1, 0.15) is 0 Å². The number of hydrogen-bond donors (Lipinski definition) is 0. The monoisotopic (exact) mass is 237 g/mol. The van der Waals surface area contributed by atoms with E-state index in [0.29, 0.717) is 6.04 Å². The molecule has 2 heteroatoms. The van der Waals surface area contributed by atoms with Crippen LogP contribution in [0.1, 0.15) is 41.0 Å². The second-order valence-corrected chi connectivity index (χ2v) is 6.21. The highest BCUT2D eigenvalue weighted by Gasteiger charge is 2.26. The van der Waals surface area contributed by atoms with Gasteiger partial charge in [0.05, 0.1) is 0 Å². The van der Waals surface area contributed by atoms with Crippen LogP contribution < -0.4 is 0 Å². The molecule has 1 aromatic rings. The Kier molecular flexibility index (Phi) is 4.88. The highest BCUT2D eigenvalue weighted by Crippen LogP contribution is 2.32. The van der Waals surface area contributed by atoms with Gasteiger partial charge in [-0.15, -0.1) is 0 Å². The van der Waals surface area contributed by atoms with Crippen molar-refractivity contribution in [2.24, 2.45) is 0 Å². The fourth-order valence-corrected chi connectivity index (χ4v) is 2.76. The molecule has 1 atom stereocenters. The van der Waals surface area contributed by atoms with Crippen LogP contribution in [0.4, 0.5) is 0 Å². The van der Waals surface area contributed by atoms with Crippen molar-refractivity contribution in [2.75, 3.05) is 0 Å². The molecular formula is C14H23NS. The molecule has 0 N–H and O–H groups in total. The van der Waals surface area contributed by atoms with Gasteiger partial charge in [-0.05, 0) is 58.2 Å². The maximum atomic E-state index is 2.49. The van der Waals surface area contributed by atoms with Gasteiger partial charge >= 0.3 is 0 Å². The Morgan fingerprint density at radius 1 is 1.19 bits per heavy atom. The maximum absolute atomic E-state index is 2.49. The molecule has 0 aliphatic carbocycles. The minimum absolute atomic E-state index is 0.190. The fraction of sp³-hybridized carbons (Fsp3) is 0.571. The minimum Gasteiger partial charge on any atom is -0.238 e. The van der Waals surface area contributed by atoms with Crippen LogP contribution in [0.25, 0.3) is 0 Å². The SMILES string of the molecule is CCC(C)N(Sc1ccccc1)C(C)(C)C. The lowest BCUT2D eigenvalue weighted by molar-refractivity contribution is 0.216. The molecular weight excluding hydrogens is 214 g/mol. The van der Waals surface area contributed by atoms with Crippen LogP contribution in [-0.4, -0.2) is 15.9 Å². The Morgan fingerprint density at radius 2 is 1.75 bits per heavy atom. The first-order valence-electron chi connectivity index (χ1n) is 5.97. The molecule has 90 valence electrons. The molecule has 0 saturated carbocycles. The van der Waals surface area contributed by atoms with Gasteiger partial charge in [0.25, 0.3) is 0 Å². The zero-order valence-electron chi connectivity index (χ0n) is 11.0. The molecule has 0 aromatic heterocycles. The Morgan fingerprint density at radius 3 is 2.19 bits per heavy atom. The van der Waals surface area contributed by atoms with Gasteiger partial charge in [0.15, 0.2) is 0 Å². The lowest BCUT2D eigenvalue weighted by atomic mass is 10.1. The van der Waals surface area contributed by atoms with Crippen molar-refractivity contribution >= 4 is 11.9 Å². The van der Waals surface area contributed by atoms with Gasteiger partial charge in [-0.1, -0.05) is 25.1 Å². The van der Waals surface area contributed by atoms with Crippen LogP contribution in [-0.2, 0) is 0 Å². The quantitative estimate of drug-likeness (QED) is 0.704. The summed E-state index contributed by atoms with van der Waals surface area (Å²) in [5.41, 5.74) is 0.190. The molecule has 0 bridgehead atoms. The zero-order valence-corrected chi connectivity index (χ0v) is 11.8. The van der Waals surface area contributed by atoms with Gasteiger partial charge in [-0.25, -0.2) is 4.31 Å². The molecule has 0 saturated heterocycles. The molecule has 0 radical (unpaired) electrons. The van der Waals surface area contributed by atoms with E-state index in [1.54, 1.807) is 0 Å². The van der Waals surface area contributed by atoms with Crippen molar-refractivity contribution in [3.05, 3.63) is 30.3 Å². The molecule has 1 nitrogen and oxygen atoms in total. The first-order chi connectivity index (χ1) is 7.45. The summed E-state index contributed by atoms with van der Waals surface area (Å²) in [7, 11) is 0. The Bertz CT molecular complexity index is 302. The average Bonchev–Trinajstić information content (AvgIpc) is 2.25. The standard InChI is InChI=1S/C14H23NS/c1-6-12(2)15(14(3,4)5)16-13-10-8-7-9-11-13/h7-12H,6H2,1-5H3. The van der Waals surface area contributed by atoms with Gasteiger partial charge in [0.2, 0.25) is 0 Å². The normalized spacial score (nSPS) is 14.1. The third kappa shape index (κ3) is 3.84. The summed E-state index contributed by atoms with van der Waals surface area (Å²) in [5.74, 6) is 0. The summed E-state index contributed by atoms with van der Waals surface area (Å²) in [4.78, 5) is 1.32. The summed E-state index contributed by atoms with van der Waals surface area (Å²) >= 11 is 1.86. The third-order valence-corrected chi connectivity index (χ3v) is 4.19. The van der Waals surface area contributed by atoms with Crippen LogP contribution in [0, 0.1) is 0 Å². The van der Waals surface area contributed by atoms with E-state index in [0.717, 1.165) is 0 Å². The lowest BCUT2D eigenvalue weighted by Crippen LogP contribution is -2.41. The first kappa shape index (κ1) is 13.6. The van der Waals surface area contributed by atoms with E-state index in [-0.39, 0.29) is 5.54 Å². The average molecular weight is 237 g/mol. The number of nitrogens with zero attached hydrogens (tertiary/aromatic N) is 1. The summed E-state index contributed by atoms with van der Waals surface area (Å²) < 4.78 is 2.49. The summed E-state index contributed by atoms with van der Waals surface area (Å²) in [6, 6.07) is 11.2. The number of rotatable bonds is 4. The Balaban J connectivity index is 2.80. The van der Waals surface area contributed by atoms with Crippen LogP contribution >= 0.6 is 11.9 Å². The van der Waals surface area contributed by atoms with E-state index in [9.17, 15) is 0 Å². The fourth-order valence-electron chi connectivity index (χ4n) is 1.65. The molecule has 0 aliphatic rings. The summed E-state index contributed by atoms with van der Waals surface area (Å²) in [6.45, 7) is 11.4. The molecule has 0 spiro atoms. The van der Waals surface area contributed by atoms with E-state index in [4.69, 9.17) is 0 Å². The van der Waals surface area contributed by atoms with E-state index >= 15 is 0 Å². The van der Waals surface area contributed by atoms with Gasteiger partial charge in [0, 0.05) is 16.5 Å². The number of hydrogen-bond acceptors (Lipinski definition) is 2. The lowest BCUT2D eigenvalue weighted by Gasteiger charge is -2.38. The topological polar surface area (TPSA) is 3.24 Å². The van der Waals surface area contributed by atoms with Crippen molar-refractivity contribution < 1.29 is 0 Å². The molecule has 0 heterocycles. The highest BCUT2D eigenvalue weighted by atomic mass is 32.2. The largest absolute Gasteiger partial charge is 0.238 e. The Hall–Kier alpha value is -0.470. The molecule has 1 aromatic carbocycles. The van der Waals surface area contributed by atoms with E-state index in [1.165, 1.54) is 11.3 Å². The van der Waals surface area contributed by atoms with Crippen LogP contribution in [0.2, 0.25) is 0 Å². The molecule has 16 heavy (non-hydrogen) atoms. The van der Waals surface area contributed by atoms with Crippen molar-refractivity contribution in [1.82, 2.24) is 4.31 Å². The maximum Gasteiger partial charge on any atom is 0.0235 e. The summed E-state index contributed by atoms with van der Waals surface area (Å²) in [5, 5.41) is 0. The van der Waals surface area contributed by atoms with Gasteiger partial charge in [-0.3, -0.25) is 0 Å². The van der Waals surface area contributed by atoms with Crippen LogP contribution in [0.5, 0.6) is 0 Å². The van der Waals surface area contributed by atoms with Crippen LogP contribution in [0.3, 0.4) is 0 Å². The van der Waals surface area contributed by atoms with E-state index in [2.05, 4.69) is 69.3 Å². The van der Waals surface area contributed by atoms with Gasteiger partial charge in [-0.2, -0.15) is 0 Å². The van der Waals surface area contributed by atoms with Gasteiger partial charge < -0.3 is 0 Å². The smallest absolute Gasteiger partial charge is 0.0235 e. The molecule has 1 rings (SSSR count). The predicted octanol–water partition coefficient (Wildman–Crippen LogP) is 4.59. The van der Waals surface area contributed by atoms with Crippen molar-refractivity contribution in [1.29, 1.82) is 0 Å². The van der Waals surface area contributed by atoms with Crippen molar-refractivity contribution in [3.8, 4) is 0 Å². The second-order valence-electron chi connectivity index (χ2n) is 5.16. The Labute approximate surface area is 104 Å². The minimum atomic E-state index is 0.190. The summed E-state index contributed by atoms with van der Waals surface area (Å²) in [6.07, 6.45) is 1.18. The van der Waals surface area contributed by atoms with Crippen molar-refractivity contribution in [3.63, 3.8) is 0 Å². The molecule has 0 aliphatic heterocycles. The molecule has 1 unspecified atom stereocenters. The third-order valence-electron chi connectivity index (χ3n) is 2.60. The predicted molar refractivity (Wildman–Crippen MR) is 73.6 cm³/mol. The van der Waals surface area contributed by atoms with E-state index in [1.807, 2.05) is 11.9 Å².